The largest absolute Gasteiger partial charge is 0.337 e. The van der Waals surface area contributed by atoms with E-state index >= 15 is 0 Å². The summed E-state index contributed by atoms with van der Waals surface area (Å²) in [5, 5.41) is 5.80. The smallest absolute Gasteiger partial charge is 0.246 e. The Kier molecular flexibility index (Phi) is 6.14. The number of thiazole rings is 1. The quantitative estimate of drug-likeness (QED) is 0.820. The first-order chi connectivity index (χ1) is 12.6. The number of amides is 2. The molecule has 6 nitrogen and oxygen atoms in total. The minimum Gasteiger partial charge on any atom is -0.337 e. The predicted molar refractivity (Wildman–Crippen MR) is 104 cm³/mol. The van der Waals surface area contributed by atoms with E-state index in [1.54, 1.807) is 28.4 Å². The number of carbonyl (C=O) groups excluding carboxylic acids is 2. The third-order valence-electron chi connectivity index (χ3n) is 4.14. The second-order valence-electron chi connectivity index (χ2n) is 6.14. The fourth-order valence-corrected chi connectivity index (χ4v) is 3.35. The van der Waals surface area contributed by atoms with Crippen LogP contribution in [0.5, 0.6) is 0 Å². The van der Waals surface area contributed by atoms with Crippen LogP contribution in [0.4, 0.5) is 5.69 Å². The maximum atomic E-state index is 12.3. The average Bonchev–Trinajstić information content (AvgIpc) is 3.06. The van der Waals surface area contributed by atoms with E-state index in [9.17, 15) is 9.59 Å². The second kappa shape index (κ2) is 8.73. The van der Waals surface area contributed by atoms with Gasteiger partial charge in [-0.05, 0) is 25.1 Å². The summed E-state index contributed by atoms with van der Waals surface area (Å²) in [7, 11) is 0. The molecule has 1 aliphatic heterocycles. The summed E-state index contributed by atoms with van der Waals surface area (Å²) >= 11 is 1.57. The normalized spacial score (nSPS) is 15.3. The van der Waals surface area contributed by atoms with E-state index in [-0.39, 0.29) is 11.8 Å². The number of piperazine rings is 1. The zero-order chi connectivity index (χ0) is 18.4. The Bertz CT molecular complexity index is 780. The fraction of sp³-hybridized carbons (Fsp3) is 0.316. The molecule has 26 heavy (non-hydrogen) atoms. The second-order valence-corrected chi connectivity index (χ2v) is 7.20. The molecule has 1 fully saturated rings. The molecule has 0 bridgehead atoms. The highest BCUT2D eigenvalue weighted by molar-refractivity contribution is 7.09. The highest BCUT2D eigenvalue weighted by Crippen LogP contribution is 2.10. The van der Waals surface area contributed by atoms with Crippen LogP contribution in [-0.4, -0.2) is 59.3 Å². The average molecular weight is 370 g/mol. The fourth-order valence-electron chi connectivity index (χ4n) is 2.77. The van der Waals surface area contributed by atoms with Crippen LogP contribution in [0.1, 0.15) is 10.7 Å². The summed E-state index contributed by atoms with van der Waals surface area (Å²) < 4.78 is 0. The van der Waals surface area contributed by atoms with Gasteiger partial charge in [0.25, 0.3) is 0 Å². The monoisotopic (exact) mass is 370 g/mol. The summed E-state index contributed by atoms with van der Waals surface area (Å²) in [5.41, 5.74) is 1.62. The van der Waals surface area contributed by atoms with Crippen LogP contribution in [0.2, 0.25) is 0 Å². The van der Waals surface area contributed by atoms with Crippen LogP contribution in [-0.2, 0) is 9.59 Å². The first kappa shape index (κ1) is 18.3. The Balaban J connectivity index is 1.43. The molecule has 3 rings (SSSR count). The van der Waals surface area contributed by atoms with E-state index in [4.69, 9.17) is 0 Å². The molecule has 1 N–H and O–H groups in total. The number of anilines is 1. The molecule has 0 saturated carbocycles. The lowest BCUT2D eigenvalue weighted by Gasteiger charge is -2.33. The van der Waals surface area contributed by atoms with Gasteiger partial charge < -0.3 is 10.2 Å². The number of carbonyl (C=O) groups is 2. The molecular weight excluding hydrogens is 348 g/mol. The van der Waals surface area contributed by atoms with E-state index < -0.39 is 0 Å². The van der Waals surface area contributed by atoms with Crippen molar-refractivity contribution in [3.63, 3.8) is 0 Å². The maximum Gasteiger partial charge on any atom is 0.246 e. The van der Waals surface area contributed by atoms with Crippen LogP contribution < -0.4 is 5.32 Å². The van der Waals surface area contributed by atoms with E-state index in [1.807, 2.05) is 42.6 Å². The molecule has 2 aromatic rings. The van der Waals surface area contributed by atoms with Crippen LogP contribution in [0.3, 0.4) is 0 Å². The van der Waals surface area contributed by atoms with Gasteiger partial charge in [-0.2, -0.15) is 0 Å². The van der Waals surface area contributed by atoms with Crippen molar-refractivity contribution in [2.75, 3.05) is 38.0 Å². The van der Waals surface area contributed by atoms with Gasteiger partial charge in [0, 0.05) is 43.3 Å². The van der Waals surface area contributed by atoms with Crippen molar-refractivity contribution >= 4 is 34.9 Å². The number of aromatic nitrogens is 1. The molecule has 1 aromatic carbocycles. The van der Waals surface area contributed by atoms with E-state index in [1.165, 1.54) is 0 Å². The number of hydrogen-bond donors (Lipinski definition) is 1. The number of nitrogens with zero attached hydrogens (tertiary/aromatic N) is 3. The first-order valence-electron chi connectivity index (χ1n) is 8.56. The minimum absolute atomic E-state index is 0.0101. The molecule has 0 aliphatic carbocycles. The van der Waals surface area contributed by atoms with Crippen LogP contribution in [0, 0.1) is 6.92 Å². The molecule has 7 heteroatoms. The zero-order valence-corrected chi connectivity index (χ0v) is 15.5. The third-order valence-corrected chi connectivity index (χ3v) is 4.93. The Morgan fingerprint density at radius 1 is 1.19 bits per heavy atom. The number of para-hydroxylation sites is 1. The van der Waals surface area contributed by atoms with Gasteiger partial charge in [-0.3, -0.25) is 14.5 Å². The van der Waals surface area contributed by atoms with Crippen LogP contribution in [0.25, 0.3) is 6.08 Å². The molecule has 0 radical (unpaired) electrons. The van der Waals surface area contributed by atoms with Gasteiger partial charge in [0.1, 0.15) is 0 Å². The lowest BCUT2D eigenvalue weighted by atomic mass is 10.2. The summed E-state index contributed by atoms with van der Waals surface area (Å²) in [4.78, 5) is 32.6. The molecule has 1 aromatic heterocycles. The molecule has 2 heterocycles. The van der Waals surface area contributed by atoms with Crippen molar-refractivity contribution in [3.8, 4) is 0 Å². The molecular formula is C19H22N4O2S. The summed E-state index contributed by atoms with van der Waals surface area (Å²) in [6.45, 7) is 4.91. The van der Waals surface area contributed by atoms with E-state index in [2.05, 4.69) is 15.2 Å². The summed E-state index contributed by atoms with van der Waals surface area (Å²) in [6, 6.07) is 9.42. The molecule has 0 unspecified atom stereocenters. The molecule has 136 valence electrons. The standard InChI is InChI=1S/C19H22N4O2S/c1-15-20-17(14-26-15)7-8-19(25)23-11-9-22(10-12-23)13-18(24)21-16-5-3-2-4-6-16/h2-8,14H,9-13H2,1H3,(H,21,24)/b8-7+. The van der Waals surface area contributed by atoms with Gasteiger partial charge >= 0.3 is 0 Å². The Morgan fingerprint density at radius 2 is 1.92 bits per heavy atom. The lowest BCUT2D eigenvalue weighted by molar-refractivity contribution is -0.127. The topological polar surface area (TPSA) is 65.5 Å². The van der Waals surface area contributed by atoms with Crippen molar-refractivity contribution in [2.45, 2.75) is 6.92 Å². The zero-order valence-electron chi connectivity index (χ0n) is 14.7. The minimum atomic E-state index is -0.0326. The number of rotatable bonds is 5. The molecule has 1 saturated heterocycles. The van der Waals surface area contributed by atoms with Gasteiger partial charge in [0.2, 0.25) is 11.8 Å². The molecule has 0 spiro atoms. The van der Waals surface area contributed by atoms with Crippen molar-refractivity contribution < 1.29 is 9.59 Å². The Hall–Kier alpha value is -2.51. The van der Waals surface area contributed by atoms with Crippen LogP contribution >= 0.6 is 11.3 Å². The van der Waals surface area contributed by atoms with Gasteiger partial charge in [0.15, 0.2) is 0 Å². The maximum absolute atomic E-state index is 12.3. The number of nitrogens with one attached hydrogen (secondary N) is 1. The third kappa shape index (κ3) is 5.24. The SMILES string of the molecule is Cc1nc(/C=C/C(=O)N2CCN(CC(=O)Nc3ccccc3)CC2)cs1. The van der Waals surface area contributed by atoms with E-state index in [0.717, 1.165) is 16.4 Å². The summed E-state index contributed by atoms with van der Waals surface area (Å²) in [5.74, 6) is -0.0428. The van der Waals surface area contributed by atoms with Crippen LogP contribution in [0.15, 0.2) is 41.8 Å². The molecule has 2 amide bonds. The van der Waals surface area contributed by atoms with Crippen molar-refractivity contribution in [1.82, 2.24) is 14.8 Å². The number of aryl methyl sites for hydroxylation is 1. The van der Waals surface area contributed by atoms with Gasteiger partial charge in [0.05, 0.1) is 17.2 Å². The highest BCUT2D eigenvalue weighted by Gasteiger charge is 2.21. The molecule has 0 atom stereocenters. The van der Waals surface area contributed by atoms with Gasteiger partial charge in [-0.1, -0.05) is 18.2 Å². The van der Waals surface area contributed by atoms with E-state index in [0.29, 0.717) is 32.7 Å². The number of benzene rings is 1. The highest BCUT2D eigenvalue weighted by atomic mass is 32.1. The van der Waals surface area contributed by atoms with Gasteiger partial charge in [-0.15, -0.1) is 11.3 Å². The Morgan fingerprint density at radius 3 is 2.58 bits per heavy atom. The predicted octanol–water partition coefficient (Wildman–Crippen LogP) is 2.25. The number of hydrogen-bond acceptors (Lipinski definition) is 5. The molecule has 1 aliphatic rings. The van der Waals surface area contributed by atoms with Crippen molar-refractivity contribution in [3.05, 3.63) is 52.5 Å². The van der Waals surface area contributed by atoms with Gasteiger partial charge in [-0.25, -0.2) is 4.98 Å². The van der Waals surface area contributed by atoms with Crippen molar-refractivity contribution in [2.24, 2.45) is 0 Å². The first-order valence-corrected chi connectivity index (χ1v) is 9.44. The summed E-state index contributed by atoms with van der Waals surface area (Å²) in [6.07, 6.45) is 3.33. The Labute approximate surface area is 157 Å². The lowest BCUT2D eigenvalue weighted by Crippen LogP contribution is -2.50. The van der Waals surface area contributed by atoms with Crippen molar-refractivity contribution in [1.29, 1.82) is 0 Å².